The molecule has 0 aliphatic carbocycles. The summed E-state index contributed by atoms with van der Waals surface area (Å²) in [6, 6.07) is 90.5. The summed E-state index contributed by atoms with van der Waals surface area (Å²) in [5.74, 6) is 0. The number of hydrogen-bond acceptors (Lipinski definition) is 3. The number of aromatic nitrogens is 3. The van der Waals surface area contributed by atoms with E-state index < -0.39 is 0 Å². The van der Waals surface area contributed by atoms with Gasteiger partial charge in [-0.2, -0.15) is 0 Å². The van der Waals surface area contributed by atoms with E-state index in [4.69, 9.17) is 15.0 Å². The molecule has 0 N–H and O–H groups in total. The zero-order chi connectivity index (χ0) is 50.1. The van der Waals surface area contributed by atoms with Crippen molar-refractivity contribution in [3.63, 3.8) is 0 Å². The molecule has 0 saturated heterocycles. The van der Waals surface area contributed by atoms with Gasteiger partial charge in [0.15, 0.2) is 0 Å². The molecule has 0 amide bonds. The third kappa shape index (κ3) is 7.32. The van der Waals surface area contributed by atoms with Crippen molar-refractivity contribution in [1.29, 1.82) is 0 Å². The Kier molecular flexibility index (Phi) is 10.2. The monoisotopic (exact) mass is 963 g/mol. The number of hydrogen-bond donors (Lipinski definition) is 0. The second-order valence-corrected chi connectivity index (χ2v) is 19.9. The molecule has 15 rings (SSSR count). The van der Waals surface area contributed by atoms with Gasteiger partial charge in [-0.1, -0.05) is 188 Å². The zero-order valence-corrected chi connectivity index (χ0v) is 41.3. The lowest BCUT2D eigenvalue weighted by atomic mass is 9.87. The molecular weight excluding hydrogens is 919 g/mol. The Morgan fingerprint density at radius 3 is 1.08 bits per heavy atom. The van der Waals surface area contributed by atoms with Gasteiger partial charge in [-0.25, -0.2) is 0 Å². The molecule has 0 fully saturated rings. The molecule has 0 bridgehead atoms. The Morgan fingerprint density at radius 1 is 0.184 bits per heavy atom. The first-order valence-corrected chi connectivity index (χ1v) is 25.9. The number of fused-ring (bicyclic) bond motifs is 13. The number of benzene rings is 12. The number of rotatable bonds is 7. The quantitative estimate of drug-likeness (QED) is 0.149. The second kappa shape index (κ2) is 17.8. The Bertz CT molecular complexity index is 4760. The maximum absolute atomic E-state index is 5.02. The lowest BCUT2D eigenvalue weighted by Crippen LogP contribution is -1.92. The summed E-state index contributed by atoms with van der Waals surface area (Å²) in [4.78, 5) is 14.9. The van der Waals surface area contributed by atoms with Crippen LogP contribution in [0.3, 0.4) is 0 Å². The first kappa shape index (κ1) is 43.5. The lowest BCUT2D eigenvalue weighted by molar-refractivity contribution is 1.33. The van der Waals surface area contributed by atoms with Crippen LogP contribution >= 0.6 is 0 Å². The van der Waals surface area contributed by atoms with E-state index in [9.17, 15) is 0 Å². The van der Waals surface area contributed by atoms with Crippen molar-refractivity contribution in [2.24, 2.45) is 0 Å². The summed E-state index contributed by atoms with van der Waals surface area (Å²) in [6.45, 7) is 0. The van der Waals surface area contributed by atoms with Crippen molar-refractivity contribution in [2.45, 2.75) is 0 Å². The van der Waals surface area contributed by atoms with Gasteiger partial charge in [-0.05, 0) is 181 Å². The molecule has 3 heteroatoms. The first-order chi connectivity index (χ1) is 37.7. The summed E-state index contributed by atoms with van der Waals surface area (Å²) in [5, 5.41) is 16.9. The predicted octanol–water partition coefficient (Wildman–Crippen LogP) is 19.6. The highest BCUT2D eigenvalue weighted by Crippen LogP contribution is 2.45. The minimum absolute atomic E-state index is 0.932. The predicted molar refractivity (Wildman–Crippen MR) is 320 cm³/mol. The van der Waals surface area contributed by atoms with E-state index in [0.29, 0.717) is 0 Å². The summed E-state index contributed by atoms with van der Waals surface area (Å²) in [7, 11) is 0. The standard InChI is InChI=1S/C73H45N3/c1-4-14-46(15-5-1)50-32-34-75-72(42-50)53-26-30-61-62-31-27-54(73-43-51(33-35-76-73)47-16-6-2-7-17-47)39-68(62)67-37-52(25-29-63(67)66(61)38-53)70-44-74-45-71-64(48-18-8-3-9-19-48)40-55(41-69(70)71)49-24-28-60-58-22-11-10-20-56(58)57-21-12-13-23-59(57)65(60)36-49/h1-45H. The van der Waals surface area contributed by atoms with Gasteiger partial charge >= 0.3 is 0 Å². The summed E-state index contributed by atoms with van der Waals surface area (Å²) < 4.78 is 0. The van der Waals surface area contributed by atoms with Crippen LogP contribution in [0, 0.1) is 0 Å². The minimum Gasteiger partial charge on any atom is -0.263 e. The van der Waals surface area contributed by atoms with Gasteiger partial charge in [-0.3, -0.25) is 15.0 Å². The van der Waals surface area contributed by atoms with E-state index in [2.05, 4.69) is 255 Å². The van der Waals surface area contributed by atoms with Gasteiger partial charge in [-0.15, -0.1) is 0 Å². The van der Waals surface area contributed by atoms with Crippen LogP contribution in [-0.4, -0.2) is 15.0 Å². The molecule has 12 aromatic carbocycles. The minimum atomic E-state index is 0.932. The summed E-state index contributed by atoms with van der Waals surface area (Å²) in [5.41, 5.74) is 15.4. The van der Waals surface area contributed by atoms with Crippen LogP contribution in [-0.2, 0) is 0 Å². The van der Waals surface area contributed by atoms with Crippen molar-refractivity contribution in [1.82, 2.24) is 15.0 Å². The van der Waals surface area contributed by atoms with Crippen LogP contribution in [0.5, 0.6) is 0 Å². The van der Waals surface area contributed by atoms with Crippen LogP contribution in [0.4, 0.5) is 0 Å². The highest BCUT2D eigenvalue weighted by Gasteiger charge is 2.18. The van der Waals surface area contributed by atoms with Gasteiger partial charge in [0.05, 0.1) is 11.4 Å². The van der Waals surface area contributed by atoms with Crippen molar-refractivity contribution < 1.29 is 0 Å². The van der Waals surface area contributed by atoms with Gasteiger partial charge < -0.3 is 0 Å². The Labute approximate surface area is 439 Å². The smallest absolute Gasteiger partial charge is 0.0708 e. The zero-order valence-electron chi connectivity index (χ0n) is 41.3. The molecule has 352 valence electrons. The lowest BCUT2D eigenvalue weighted by Gasteiger charge is -2.17. The van der Waals surface area contributed by atoms with Gasteiger partial charge in [0.2, 0.25) is 0 Å². The summed E-state index contributed by atoms with van der Waals surface area (Å²) >= 11 is 0. The molecule has 0 spiro atoms. The van der Waals surface area contributed by atoms with E-state index in [1.54, 1.807) is 0 Å². The molecule has 0 radical (unpaired) electrons. The third-order valence-electron chi connectivity index (χ3n) is 15.6. The average Bonchev–Trinajstić information content (AvgIpc) is 3.58. The molecule has 0 unspecified atom stereocenters. The van der Waals surface area contributed by atoms with E-state index in [1.165, 1.54) is 70.4 Å². The highest BCUT2D eigenvalue weighted by molar-refractivity contribution is 6.28. The average molecular weight is 964 g/mol. The van der Waals surface area contributed by atoms with Crippen molar-refractivity contribution >= 4 is 75.4 Å². The Balaban J connectivity index is 0.957. The van der Waals surface area contributed by atoms with Crippen molar-refractivity contribution in [3.05, 3.63) is 274 Å². The van der Waals surface area contributed by atoms with Gasteiger partial charge in [0.1, 0.15) is 0 Å². The van der Waals surface area contributed by atoms with E-state index in [1.807, 2.05) is 18.6 Å². The Hall–Kier alpha value is -10.1. The fourth-order valence-corrected chi connectivity index (χ4v) is 11.9. The topological polar surface area (TPSA) is 38.7 Å². The SMILES string of the molecule is c1ccc(-c2ccnc(-c3ccc4c5ccc(-c6cc(-c7ccccc7)ccn6)cc5c5cc(-c6cncc7c(-c8ccccc8)cc(-c8ccc9c%10ccccc%10c%10ccccc%10c9c8)cc67)ccc5c4c3)c2)cc1. The molecule has 3 nitrogen and oxygen atoms in total. The number of pyridine rings is 3. The molecule has 0 atom stereocenters. The van der Waals surface area contributed by atoms with Gasteiger partial charge in [0.25, 0.3) is 0 Å². The van der Waals surface area contributed by atoms with Crippen LogP contribution < -0.4 is 0 Å². The van der Waals surface area contributed by atoms with Crippen molar-refractivity contribution in [3.8, 4) is 78.1 Å². The van der Waals surface area contributed by atoms with E-state index >= 15 is 0 Å². The molecule has 0 aliphatic rings. The fraction of sp³-hybridized carbons (Fsp3) is 0. The first-order valence-electron chi connectivity index (χ1n) is 25.9. The maximum Gasteiger partial charge on any atom is 0.0708 e. The molecular formula is C73H45N3. The molecule has 3 heterocycles. The largest absolute Gasteiger partial charge is 0.263 e. The van der Waals surface area contributed by atoms with Crippen LogP contribution in [0.1, 0.15) is 0 Å². The molecule has 0 aliphatic heterocycles. The van der Waals surface area contributed by atoms with E-state index in [0.717, 1.165) is 83.2 Å². The summed E-state index contributed by atoms with van der Waals surface area (Å²) in [6.07, 6.45) is 7.94. The van der Waals surface area contributed by atoms with Gasteiger partial charge in [0, 0.05) is 46.9 Å². The molecule has 76 heavy (non-hydrogen) atoms. The maximum atomic E-state index is 5.02. The Morgan fingerprint density at radius 2 is 0.553 bits per heavy atom. The van der Waals surface area contributed by atoms with Crippen LogP contribution in [0.2, 0.25) is 0 Å². The molecule has 15 aromatic rings. The third-order valence-corrected chi connectivity index (χ3v) is 15.6. The molecule has 3 aromatic heterocycles. The fourth-order valence-electron chi connectivity index (χ4n) is 11.9. The van der Waals surface area contributed by atoms with E-state index in [-0.39, 0.29) is 0 Å². The molecule has 0 saturated carbocycles. The highest BCUT2D eigenvalue weighted by atomic mass is 14.7. The van der Waals surface area contributed by atoms with Crippen molar-refractivity contribution in [2.75, 3.05) is 0 Å². The normalized spacial score (nSPS) is 11.7. The van der Waals surface area contributed by atoms with Crippen LogP contribution in [0.15, 0.2) is 274 Å². The second-order valence-electron chi connectivity index (χ2n) is 19.9. The van der Waals surface area contributed by atoms with Crippen LogP contribution in [0.25, 0.3) is 154 Å². The number of nitrogens with zero attached hydrogens (tertiary/aromatic N) is 3.